The minimum absolute atomic E-state index is 0.123. The van der Waals surface area contributed by atoms with E-state index in [0.29, 0.717) is 12.1 Å². The number of benzene rings is 1. The summed E-state index contributed by atoms with van der Waals surface area (Å²) in [6.07, 6.45) is 3.49. The van der Waals surface area contributed by atoms with E-state index in [9.17, 15) is 4.39 Å². The number of anilines is 1. The molecule has 19 heavy (non-hydrogen) atoms. The summed E-state index contributed by atoms with van der Waals surface area (Å²) in [6, 6.07) is 4.15. The van der Waals surface area contributed by atoms with E-state index < -0.39 is 5.82 Å². The normalized spacial score (nSPS) is 11.6. The Morgan fingerprint density at radius 3 is 3.00 bits per heavy atom. The van der Waals surface area contributed by atoms with Crippen molar-refractivity contribution in [3.05, 3.63) is 47.5 Å². The number of hydrogen-bond acceptors (Lipinski definition) is 4. The third-order valence-corrected chi connectivity index (χ3v) is 2.64. The van der Waals surface area contributed by atoms with Crippen LogP contribution in [0.2, 0.25) is 0 Å². The molecule has 0 radical (unpaired) electrons. The van der Waals surface area contributed by atoms with Crippen LogP contribution in [-0.2, 0) is 13.6 Å². The Labute approximate surface area is 109 Å². The minimum atomic E-state index is -0.438. The van der Waals surface area contributed by atoms with Gasteiger partial charge in [0.05, 0.1) is 11.9 Å². The van der Waals surface area contributed by atoms with Gasteiger partial charge in [-0.05, 0) is 17.7 Å². The van der Waals surface area contributed by atoms with Crippen LogP contribution in [0.25, 0.3) is 0 Å². The highest BCUT2D eigenvalue weighted by Crippen LogP contribution is 2.14. The predicted molar refractivity (Wildman–Crippen MR) is 69.4 cm³/mol. The van der Waals surface area contributed by atoms with Gasteiger partial charge in [-0.3, -0.25) is 4.68 Å². The highest BCUT2D eigenvalue weighted by Gasteiger charge is 2.09. The van der Waals surface area contributed by atoms with E-state index in [4.69, 9.17) is 10.9 Å². The van der Waals surface area contributed by atoms with E-state index in [1.165, 1.54) is 12.1 Å². The summed E-state index contributed by atoms with van der Waals surface area (Å²) in [4.78, 5) is 0. The molecule has 2 aromatic rings. The maximum absolute atomic E-state index is 13.2. The summed E-state index contributed by atoms with van der Waals surface area (Å²) in [5, 5.41) is 18.7. The molecule has 4 N–H and O–H groups in total. The van der Waals surface area contributed by atoms with Gasteiger partial charge in [0.2, 0.25) is 0 Å². The smallest absolute Gasteiger partial charge is 0.170 e. The molecule has 0 saturated heterocycles. The Morgan fingerprint density at radius 2 is 2.37 bits per heavy atom. The van der Waals surface area contributed by atoms with Crippen LogP contribution in [0.1, 0.15) is 11.1 Å². The molecule has 2 rings (SSSR count). The highest BCUT2D eigenvalue weighted by atomic mass is 19.1. The van der Waals surface area contributed by atoms with Crippen LogP contribution in [0.3, 0.4) is 0 Å². The monoisotopic (exact) mass is 263 g/mol. The van der Waals surface area contributed by atoms with Crippen LogP contribution < -0.4 is 11.1 Å². The second-order valence-electron chi connectivity index (χ2n) is 4.04. The number of oxime groups is 1. The van der Waals surface area contributed by atoms with Crippen LogP contribution in [-0.4, -0.2) is 20.8 Å². The van der Waals surface area contributed by atoms with E-state index in [1.807, 2.05) is 13.2 Å². The topological polar surface area (TPSA) is 88.5 Å². The Kier molecular flexibility index (Phi) is 3.65. The lowest BCUT2D eigenvalue weighted by molar-refractivity contribution is 0.318. The summed E-state index contributed by atoms with van der Waals surface area (Å²) >= 11 is 0. The largest absolute Gasteiger partial charge is 0.409 e. The zero-order chi connectivity index (χ0) is 13.8. The second-order valence-corrected chi connectivity index (χ2v) is 4.04. The molecule has 0 fully saturated rings. The lowest BCUT2D eigenvalue weighted by Crippen LogP contribution is -2.17. The summed E-state index contributed by atoms with van der Waals surface area (Å²) in [6.45, 7) is 0.414. The van der Waals surface area contributed by atoms with Gasteiger partial charge < -0.3 is 16.3 Å². The standard InChI is InChI=1S/C12H14FN5O/c1-18-7-10(6-16-18)15-5-8-2-3-9(13)4-11(8)12(14)17-19/h2-4,6-7,15,19H,5H2,1H3,(H2,14,17). The van der Waals surface area contributed by atoms with Crippen molar-refractivity contribution >= 4 is 11.5 Å². The Hall–Kier alpha value is -2.57. The number of nitrogens with one attached hydrogen (secondary N) is 1. The van der Waals surface area contributed by atoms with Crippen molar-refractivity contribution in [3.63, 3.8) is 0 Å². The molecule has 0 spiro atoms. The lowest BCUT2D eigenvalue weighted by Gasteiger charge is -2.09. The second kappa shape index (κ2) is 5.38. The van der Waals surface area contributed by atoms with Crippen LogP contribution in [0.5, 0.6) is 0 Å². The van der Waals surface area contributed by atoms with Gasteiger partial charge in [-0.1, -0.05) is 11.2 Å². The fourth-order valence-corrected chi connectivity index (χ4v) is 1.70. The zero-order valence-electron chi connectivity index (χ0n) is 10.3. The number of nitrogens with two attached hydrogens (primary N) is 1. The van der Waals surface area contributed by atoms with Crippen molar-refractivity contribution < 1.29 is 9.60 Å². The number of amidine groups is 1. The molecule has 1 heterocycles. The predicted octanol–water partition coefficient (Wildman–Crippen LogP) is 1.27. The Balaban J connectivity index is 2.20. The van der Waals surface area contributed by atoms with Crippen molar-refractivity contribution in [2.45, 2.75) is 6.54 Å². The van der Waals surface area contributed by atoms with Gasteiger partial charge in [0.25, 0.3) is 0 Å². The molecule has 1 aromatic heterocycles. The van der Waals surface area contributed by atoms with Crippen molar-refractivity contribution in [2.24, 2.45) is 17.9 Å². The molecule has 0 amide bonds. The number of aromatic nitrogens is 2. The number of aryl methyl sites for hydroxylation is 1. The van der Waals surface area contributed by atoms with Gasteiger partial charge in [0.15, 0.2) is 5.84 Å². The summed E-state index contributed by atoms with van der Waals surface area (Å²) in [5.41, 5.74) is 7.44. The minimum Gasteiger partial charge on any atom is -0.409 e. The molecule has 0 aliphatic carbocycles. The van der Waals surface area contributed by atoms with Crippen LogP contribution in [0, 0.1) is 5.82 Å². The summed E-state index contributed by atoms with van der Waals surface area (Å²) < 4.78 is 14.8. The average molecular weight is 263 g/mol. The van der Waals surface area contributed by atoms with Gasteiger partial charge in [0.1, 0.15) is 5.82 Å². The van der Waals surface area contributed by atoms with Crippen molar-refractivity contribution in [3.8, 4) is 0 Å². The zero-order valence-corrected chi connectivity index (χ0v) is 10.3. The van der Waals surface area contributed by atoms with Crippen LogP contribution in [0.4, 0.5) is 10.1 Å². The summed E-state index contributed by atoms with van der Waals surface area (Å²) in [5.74, 6) is -0.561. The first kappa shape index (κ1) is 12.9. The van der Waals surface area contributed by atoms with E-state index in [0.717, 1.165) is 11.3 Å². The first-order valence-corrected chi connectivity index (χ1v) is 5.59. The number of rotatable bonds is 4. The third-order valence-electron chi connectivity index (χ3n) is 2.64. The molecular weight excluding hydrogens is 249 g/mol. The Morgan fingerprint density at radius 1 is 1.58 bits per heavy atom. The van der Waals surface area contributed by atoms with Crippen molar-refractivity contribution in [2.75, 3.05) is 5.32 Å². The molecule has 0 bridgehead atoms. The molecule has 0 atom stereocenters. The molecule has 6 nitrogen and oxygen atoms in total. The van der Waals surface area contributed by atoms with Crippen LogP contribution in [0.15, 0.2) is 35.7 Å². The lowest BCUT2D eigenvalue weighted by atomic mass is 10.1. The van der Waals surface area contributed by atoms with Gasteiger partial charge in [0, 0.05) is 25.4 Å². The van der Waals surface area contributed by atoms with E-state index in [-0.39, 0.29) is 5.84 Å². The SMILES string of the molecule is Cn1cc(NCc2ccc(F)cc2C(N)=NO)cn1. The van der Waals surface area contributed by atoms with Crippen molar-refractivity contribution in [1.82, 2.24) is 9.78 Å². The average Bonchev–Trinajstić information content (AvgIpc) is 2.82. The molecule has 1 aromatic carbocycles. The number of nitrogens with zero attached hydrogens (tertiary/aromatic N) is 3. The van der Waals surface area contributed by atoms with Crippen LogP contribution >= 0.6 is 0 Å². The van der Waals surface area contributed by atoms with E-state index in [2.05, 4.69) is 15.6 Å². The summed E-state index contributed by atoms with van der Waals surface area (Å²) in [7, 11) is 1.81. The number of hydrogen-bond donors (Lipinski definition) is 3. The van der Waals surface area contributed by atoms with Crippen molar-refractivity contribution in [1.29, 1.82) is 0 Å². The molecule has 0 aliphatic heterocycles. The molecular formula is C12H14FN5O. The first-order chi connectivity index (χ1) is 9.10. The van der Waals surface area contributed by atoms with Gasteiger partial charge in [-0.2, -0.15) is 5.10 Å². The van der Waals surface area contributed by atoms with E-state index >= 15 is 0 Å². The van der Waals surface area contributed by atoms with Gasteiger partial charge in [-0.15, -0.1) is 0 Å². The maximum Gasteiger partial charge on any atom is 0.170 e. The molecule has 100 valence electrons. The van der Waals surface area contributed by atoms with Gasteiger partial charge >= 0.3 is 0 Å². The highest BCUT2D eigenvalue weighted by molar-refractivity contribution is 5.98. The van der Waals surface area contributed by atoms with Gasteiger partial charge in [-0.25, -0.2) is 4.39 Å². The maximum atomic E-state index is 13.2. The fourth-order valence-electron chi connectivity index (χ4n) is 1.70. The first-order valence-electron chi connectivity index (χ1n) is 5.59. The fraction of sp³-hybridized carbons (Fsp3) is 0.167. The molecule has 0 aliphatic rings. The molecule has 7 heteroatoms. The Bertz CT molecular complexity index is 608. The quantitative estimate of drug-likeness (QED) is 0.335. The number of halogens is 1. The molecule has 0 saturated carbocycles. The van der Waals surface area contributed by atoms with E-state index in [1.54, 1.807) is 16.9 Å². The molecule has 0 unspecified atom stereocenters. The third kappa shape index (κ3) is 3.01.